The normalized spacial score (nSPS) is 31.7. The predicted molar refractivity (Wildman–Crippen MR) is 78.5 cm³/mol. The monoisotopic (exact) mass is 273 g/mol. The van der Waals surface area contributed by atoms with E-state index in [1.54, 1.807) is 0 Å². The summed E-state index contributed by atoms with van der Waals surface area (Å²) in [6, 6.07) is 0.952. The largest absolute Gasteiger partial charge is 0.316 e. The fourth-order valence-electron chi connectivity index (χ4n) is 3.51. The smallest absolute Gasteiger partial charge is 0.0113 e. The van der Waals surface area contributed by atoms with Gasteiger partial charge in [-0.2, -0.15) is 0 Å². The van der Waals surface area contributed by atoms with Gasteiger partial charge in [0.2, 0.25) is 0 Å². The first-order chi connectivity index (χ1) is 8.42. The van der Waals surface area contributed by atoms with Crippen LogP contribution in [0.3, 0.4) is 0 Å². The zero-order valence-electron chi connectivity index (χ0n) is 11.4. The Morgan fingerprint density at radius 3 is 2.28 bits per heavy atom. The van der Waals surface area contributed by atoms with Crippen LogP contribution in [-0.4, -0.2) is 61.7 Å². The second-order valence-electron chi connectivity index (χ2n) is 6.13. The third-order valence-corrected chi connectivity index (χ3v) is 4.91. The van der Waals surface area contributed by atoms with E-state index in [1.807, 2.05) is 0 Å². The van der Waals surface area contributed by atoms with Crippen molar-refractivity contribution >= 4 is 12.4 Å². The minimum atomic E-state index is 0. The van der Waals surface area contributed by atoms with Crippen molar-refractivity contribution in [2.75, 3.05) is 45.8 Å². The Bertz CT molecular complexity index is 231. The van der Waals surface area contributed by atoms with Crippen molar-refractivity contribution in [3.05, 3.63) is 0 Å². The molecule has 2 aliphatic heterocycles. The standard InChI is InChI=1S/C14H27N3.ClH/c1-4-14(5-1)17-9-7-16(8-10-17)12-13-3-2-6-15-11-13;/h13-15H,1-12H2;1H. The molecular weight excluding hydrogens is 246 g/mol. The molecule has 0 aromatic rings. The van der Waals surface area contributed by atoms with Crippen LogP contribution >= 0.6 is 12.4 Å². The Kier molecular flexibility index (Phi) is 5.74. The van der Waals surface area contributed by atoms with Crippen LogP contribution in [0.25, 0.3) is 0 Å². The van der Waals surface area contributed by atoms with Gasteiger partial charge >= 0.3 is 0 Å². The summed E-state index contributed by atoms with van der Waals surface area (Å²) in [5, 5.41) is 3.53. The predicted octanol–water partition coefficient (Wildman–Crippen LogP) is 1.58. The van der Waals surface area contributed by atoms with E-state index in [1.165, 1.54) is 77.9 Å². The molecule has 1 unspecified atom stereocenters. The number of halogens is 1. The number of hydrogen-bond acceptors (Lipinski definition) is 3. The first-order valence-electron chi connectivity index (χ1n) is 7.59. The number of piperidine rings is 1. The lowest BCUT2D eigenvalue weighted by Gasteiger charge is -2.43. The molecular formula is C14H28ClN3. The van der Waals surface area contributed by atoms with Crippen molar-refractivity contribution < 1.29 is 0 Å². The van der Waals surface area contributed by atoms with Crippen LogP contribution in [0, 0.1) is 5.92 Å². The molecule has 18 heavy (non-hydrogen) atoms. The highest BCUT2D eigenvalue weighted by atomic mass is 35.5. The summed E-state index contributed by atoms with van der Waals surface area (Å²) >= 11 is 0. The quantitative estimate of drug-likeness (QED) is 0.842. The van der Waals surface area contributed by atoms with Gasteiger partial charge in [0.1, 0.15) is 0 Å². The summed E-state index contributed by atoms with van der Waals surface area (Å²) < 4.78 is 0. The molecule has 4 heteroatoms. The number of hydrogen-bond donors (Lipinski definition) is 1. The molecule has 2 saturated heterocycles. The van der Waals surface area contributed by atoms with Crippen molar-refractivity contribution in [2.24, 2.45) is 5.92 Å². The highest BCUT2D eigenvalue weighted by Gasteiger charge is 2.28. The Morgan fingerprint density at radius 2 is 1.72 bits per heavy atom. The fourth-order valence-corrected chi connectivity index (χ4v) is 3.51. The maximum absolute atomic E-state index is 3.53. The average Bonchev–Trinajstić information content (AvgIpc) is 2.31. The summed E-state index contributed by atoms with van der Waals surface area (Å²) in [5.74, 6) is 0.916. The van der Waals surface area contributed by atoms with Crippen molar-refractivity contribution in [3.63, 3.8) is 0 Å². The lowest BCUT2D eigenvalue weighted by molar-refractivity contribution is 0.0533. The van der Waals surface area contributed by atoms with Crippen molar-refractivity contribution in [1.29, 1.82) is 0 Å². The van der Waals surface area contributed by atoms with Crippen LogP contribution in [0.15, 0.2) is 0 Å². The number of piperazine rings is 1. The van der Waals surface area contributed by atoms with Gasteiger partial charge < -0.3 is 10.2 Å². The van der Waals surface area contributed by atoms with Gasteiger partial charge in [0.15, 0.2) is 0 Å². The molecule has 3 nitrogen and oxygen atoms in total. The second kappa shape index (κ2) is 7.09. The third-order valence-electron chi connectivity index (χ3n) is 4.91. The Labute approximate surface area is 118 Å². The molecule has 0 amide bonds. The van der Waals surface area contributed by atoms with Crippen molar-refractivity contribution in [3.8, 4) is 0 Å². The minimum Gasteiger partial charge on any atom is -0.316 e. The van der Waals surface area contributed by atoms with Crippen LogP contribution in [0.1, 0.15) is 32.1 Å². The molecule has 3 aliphatic rings. The molecule has 0 radical (unpaired) electrons. The number of nitrogens with zero attached hydrogens (tertiary/aromatic N) is 2. The van der Waals surface area contributed by atoms with E-state index < -0.39 is 0 Å². The first kappa shape index (κ1) is 14.6. The molecule has 0 spiro atoms. The van der Waals surface area contributed by atoms with Gasteiger partial charge in [0, 0.05) is 38.8 Å². The van der Waals surface area contributed by atoms with E-state index in [-0.39, 0.29) is 12.4 Å². The van der Waals surface area contributed by atoms with Crippen LogP contribution in [0.4, 0.5) is 0 Å². The summed E-state index contributed by atoms with van der Waals surface area (Å²) in [5.41, 5.74) is 0. The molecule has 1 aliphatic carbocycles. The first-order valence-corrected chi connectivity index (χ1v) is 7.59. The van der Waals surface area contributed by atoms with Crippen LogP contribution in [0.2, 0.25) is 0 Å². The molecule has 1 atom stereocenters. The second-order valence-corrected chi connectivity index (χ2v) is 6.13. The van der Waals surface area contributed by atoms with Crippen LogP contribution < -0.4 is 5.32 Å². The van der Waals surface area contributed by atoms with Gasteiger partial charge in [0.25, 0.3) is 0 Å². The average molecular weight is 274 g/mol. The Morgan fingerprint density at radius 1 is 0.944 bits per heavy atom. The molecule has 1 saturated carbocycles. The zero-order chi connectivity index (χ0) is 11.5. The van der Waals surface area contributed by atoms with Crippen molar-refractivity contribution in [2.45, 2.75) is 38.1 Å². The van der Waals surface area contributed by atoms with Gasteiger partial charge in [-0.15, -0.1) is 12.4 Å². The highest BCUT2D eigenvalue weighted by Crippen LogP contribution is 2.25. The molecule has 1 N–H and O–H groups in total. The van der Waals surface area contributed by atoms with Crippen molar-refractivity contribution in [1.82, 2.24) is 15.1 Å². The minimum absolute atomic E-state index is 0. The van der Waals surface area contributed by atoms with E-state index in [2.05, 4.69) is 15.1 Å². The van der Waals surface area contributed by atoms with Gasteiger partial charge in [0.05, 0.1) is 0 Å². The maximum atomic E-state index is 3.53. The SMILES string of the molecule is C1CNCC(CN2CCN(C3CCC3)CC2)C1.Cl. The molecule has 106 valence electrons. The van der Waals surface area contributed by atoms with Gasteiger partial charge in [-0.25, -0.2) is 0 Å². The van der Waals surface area contributed by atoms with E-state index >= 15 is 0 Å². The van der Waals surface area contributed by atoms with Gasteiger partial charge in [-0.05, 0) is 44.7 Å². The van der Waals surface area contributed by atoms with Crippen LogP contribution in [-0.2, 0) is 0 Å². The lowest BCUT2D eigenvalue weighted by Crippen LogP contribution is -2.53. The van der Waals surface area contributed by atoms with E-state index in [0.29, 0.717) is 0 Å². The Hall–Kier alpha value is 0.170. The molecule has 3 rings (SSSR count). The van der Waals surface area contributed by atoms with E-state index in [4.69, 9.17) is 0 Å². The van der Waals surface area contributed by atoms with E-state index in [0.717, 1.165) is 12.0 Å². The van der Waals surface area contributed by atoms with E-state index in [9.17, 15) is 0 Å². The molecule has 0 aromatic heterocycles. The third kappa shape index (κ3) is 3.60. The zero-order valence-corrected chi connectivity index (χ0v) is 12.3. The molecule has 0 aromatic carbocycles. The lowest BCUT2D eigenvalue weighted by atomic mass is 9.91. The topological polar surface area (TPSA) is 18.5 Å². The Balaban J connectivity index is 0.00000120. The maximum Gasteiger partial charge on any atom is 0.0113 e. The van der Waals surface area contributed by atoms with Crippen LogP contribution in [0.5, 0.6) is 0 Å². The number of nitrogens with one attached hydrogen (secondary N) is 1. The summed E-state index contributed by atoms with van der Waals surface area (Å²) in [7, 11) is 0. The molecule has 3 fully saturated rings. The molecule has 0 bridgehead atoms. The fraction of sp³-hybridized carbons (Fsp3) is 1.00. The number of rotatable bonds is 3. The van der Waals surface area contributed by atoms with Gasteiger partial charge in [-0.1, -0.05) is 6.42 Å². The summed E-state index contributed by atoms with van der Waals surface area (Å²) in [6.45, 7) is 9.11. The highest BCUT2D eigenvalue weighted by molar-refractivity contribution is 5.85. The van der Waals surface area contributed by atoms with Gasteiger partial charge in [-0.3, -0.25) is 4.90 Å². The molecule has 2 heterocycles. The summed E-state index contributed by atoms with van der Waals surface area (Å²) in [4.78, 5) is 5.44. The summed E-state index contributed by atoms with van der Waals surface area (Å²) in [6.07, 6.45) is 7.22.